The van der Waals surface area contributed by atoms with Crippen molar-refractivity contribution in [2.75, 3.05) is 0 Å². The van der Waals surface area contributed by atoms with Gasteiger partial charge in [0.1, 0.15) is 0 Å². The second-order valence-electron chi connectivity index (χ2n) is 5.52. The number of ketones is 1. The fraction of sp³-hybridized carbons (Fsp3) is 0.167. The second kappa shape index (κ2) is 6.04. The van der Waals surface area contributed by atoms with Crippen LogP contribution in [0.4, 0.5) is 0 Å². The van der Waals surface area contributed by atoms with E-state index in [0.29, 0.717) is 0 Å². The van der Waals surface area contributed by atoms with Crippen LogP contribution in [0.15, 0.2) is 60.8 Å². The number of rotatable bonds is 5. The van der Waals surface area contributed by atoms with Gasteiger partial charge < -0.3 is 4.98 Å². The van der Waals surface area contributed by atoms with Crippen LogP contribution in [0.25, 0.3) is 10.9 Å². The molecule has 0 aliphatic heterocycles. The molecule has 3 aromatic rings. The van der Waals surface area contributed by atoms with E-state index in [0.717, 1.165) is 22.0 Å². The highest BCUT2D eigenvalue weighted by molar-refractivity contribution is 5.87. The number of nitro groups is 1. The number of fused-ring (bicyclic) bond motifs is 1. The van der Waals surface area contributed by atoms with Gasteiger partial charge in [-0.1, -0.05) is 48.5 Å². The summed E-state index contributed by atoms with van der Waals surface area (Å²) in [6.45, 7) is 1.28. The van der Waals surface area contributed by atoms with Crippen LogP contribution in [0.1, 0.15) is 24.0 Å². The van der Waals surface area contributed by atoms with E-state index < -0.39 is 22.7 Å². The number of carbonyl (C=O) groups excluding carboxylic acids is 1. The van der Waals surface area contributed by atoms with Crippen LogP contribution in [0, 0.1) is 10.1 Å². The van der Waals surface area contributed by atoms with E-state index in [1.807, 2.05) is 54.6 Å². The average molecular weight is 308 g/mol. The Morgan fingerprint density at radius 1 is 1.09 bits per heavy atom. The number of hydrogen-bond acceptors (Lipinski definition) is 3. The molecule has 2 atom stereocenters. The van der Waals surface area contributed by atoms with Crippen LogP contribution in [-0.2, 0) is 4.79 Å². The number of H-pyrrole nitrogens is 1. The first-order valence-corrected chi connectivity index (χ1v) is 7.34. The lowest BCUT2D eigenvalue weighted by atomic mass is 9.83. The van der Waals surface area contributed by atoms with E-state index >= 15 is 0 Å². The Bertz CT molecular complexity index is 841. The van der Waals surface area contributed by atoms with Crippen molar-refractivity contribution in [1.82, 2.24) is 4.98 Å². The third kappa shape index (κ3) is 2.73. The van der Waals surface area contributed by atoms with Crippen LogP contribution < -0.4 is 0 Å². The molecule has 1 aromatic heterocycles. The molecule has 0 spiro atoms. The summed E-state index contributed by atoms with van der Waals surface area (Å²) in [6.07, 6.45) is 1.77. The summed E-state index contributed by atoms with van der Waals surface area (Å²) in [7, 11) is 0. The van der Waals surface area contributed by atoms with Crippen LogP contribution in [-0.4, -0.2) is 21.7 Å². The molecular formula is C18H16N2O3. The third-order valence-corrected chi connectivity index (χ3v) is 4.07. The standard InChI is InChI=1S/C18H16N2O3/c1-12(21)18(20(22)23)17(13-7-3-2-4-8-13)15-11-19-16-10-6-5-9-14(15)16/h2-11,17-19H,1H3/t17-,18+/m0/s1. The molecule has 0 aliphatic rings. The molecule has 0 bridgehead atoms. The Kier molecular flexibility index (Phi) is 3.93. The number of para-hydroxylation sites is 1. The first kappa shape index (κ1) is 15.0. The molecule has 23 heavy (non-hydrogen) atoms. The molecule has 5 nitrogen and oxygen atoms in total. The van der Waals surface area contributed by atoms with Crippen molar-refractivity contribution in [2.24, 2.45) is 0 Å². The van der Waals surface area contributed by atoms with Gasteiger partial charge in [-0.05, 0) is 17.2 Å². The third-order valence-electron chi connectivity index (χ3n) is 4.07. The molecule has 0 fully saturated rings. The van der Waals surface area contributed by atoms with Crippen molar-refractivity contribution in [3.8, 4) is 0 Å². The molecule has 116 valence electrons. The molecule has 1 N–H and O–H groups in total. The molecule has 0 saturated heterocycles. The normalized spacial score (nSPS) is 13.6. The van der Waals surface area contributed by atoms with E-state index in [1.165, 1.54) is 6.92 Å². The van der Waals surface area contributed by atoms with Gasteiger partial charge in [-0.2, -0.15) is 0 Å². The number of Topliss-reactive ketones (excluding diaryl/α,β-unsaturated/α-hetero) is 1. The van der Waals surface area contributed by atoms with Crippen molar-refractivity contribution in [3.05, 3.63) is 82.0 Å². The number of carbonyl (C=O) groups is 1. The van der Waals surface area contributed by atoms with Gasteiger partial charge in [-0.3, -0.25) is 14.9 Å². The molecular weight excluding hydrogens is 292 g/mol. The zero-order chi connectivity index (χ0) is 16.4. The minimum Gasteiger partial charge on any atom is -0.361 e. The lowest BCUT2D eigenvalue weighted by Crippen LogP contribution is -2.34. The summed E-state index contributed by atoms with van der Waals surface area (Å²) < 4.78 is 0. The number of aromatic nitrogens is 1. The molecule has 5 heteroatoms. The van der Waals surface area contributed by atoms with Crippen molar-refractivity contribution < 1.29 is 9.72 Å². The molecule has 1 heterocycles. The Hall–Kier alpha value is -2.95. The van der Waals surface area contributed by atoms with Gasteiger partial charge in [-0.25, -0.2) is 0 Å². The Labute approximate surface area is 133 Å². The molecule has 0 unspecified atom stereocenters. The smallest absolute Gasteiger partial charge is 0.280 e. The van der Waals surface area contributed by atoms with E-state index in [4.69, 9.17) is 0 Å². The molecule has 0 aliphatic carbocycles. The van der Waals surface area contributed by atoms with Crippen molar-refractivity contribution in [1.29, 1.82) is 0 Å². The number of aromatic amines is 1. The van der Waals surface area contributed by atoms with Gasteiger partial charge in [0.25, 0.3) is 6.04 Å². The van der Waals surface area contributed by atoms with E-state index in [9.17, 15) is 14.9 Å². The van der Waals surface area contributed by atoms with Gasteiger partial charge in [0, 0.05) is 28.9 Å². The first-order valence-electron chi connectivity index (χ1n) is 7.34. The molecule has 2 aromatic carbocycles. The van der Waals surface area contributed by atoms with Gasteiger partial charge >= 0.3 is 0 Å². The topological polar surface area (TPSA) is 76.0 Å². The Balaban J connectivity index is 2.23. The highest BCUT2D eigenvalue weighted by Crippen LogP contribution is 2.34. The fourth-order valence-corrected chi connectivity index (χ4v) is 3.05. The fourth-order valence-electron chi connectivity index (χ4n) is 3.05. The lowest BCUT2D eigenvalue weighted by molar-refractivity contribution is -0.509. The minimum absolute atomic E-state index is 0.450. The van der Waals surface area contributed by atoms with E-state index in [2.05, 4.69) is 4.98 Å². The van der Waals surface area contributed by atoms with Gasteiger partial charge in [0.05, 0.1) is 5.92 Å². The zero-order valence-electron chi connectivity index (χ0n) is 12.6. The van der Waals surface area contributed by atoms with Crippen molar-refractivity contribution in [3.63, 3.8) is 0 Å². The quantitative estimate of drug-likeness (QED) is 0.578. The average Bonchev–Trinajstić information content (AvgIpc) is 2.96. The van der Waals surface area contributed by atoms with Crippen LogP contribution in [0.3, 0.4) is 0 Å². The minimum atomic E-state index is -1.31. The summed E-state index contributed by atoms with van der Waals surface area (Å²) in [4.78, 5) is 26.2. The number of benzene rings is 2. The number of nitrogens with one attached hydrogen (secondary N) is 1. The zero-order valence-corrected chi connectivity index (χ0v) is 12.6. The molecule has 3 rings (SSSR count). The number of nitrogens with zero attached hydrogens (tertiary/aromatic N) is 1. The maximum absolute atomic E-state index is 12.0. The molecule has 0 radical (unpaired) electrons. The van der Waals surface area contributed by atoms with Crippen LogP contribution in [0.5, 0.6) is 0 Å². The maximum atomic E-state index is 12.0. The maximum Gasteiger partial charge on any atom is 0.280 e. The highest BCUT2D eigenvalue weighted by atomic mass is 16.6. The second-order valence-corrected chi connectivity index (χ2v) is 5.52. The molecule has 0 saturated carbocycles. The van der Waals surface area contributed by atoms with Crippen LogP contribution >= 0.6 is 0 Å². The summed E-state index contributed by atoms with van der Waals surface area (Å²) >= 11 is 0. The summed E-state index contributed by atoms with van der Waals surface area (Å²) in [6, 6.07) is 15.5. The van der Waals surface area contributed by atoms with Crippen molar-refractivity contribution >= 4 is 16.7 Å². The summed E-state index contributed by atoms with van der Waals surface area (Å²) in [5, 5.41) is 12.5. The van der Waals surface area contributed by atoms with Gasteiger partial charge in [-0.15, -0.1) is 0 Å². The first-order chi connectivity index (χ1) is 11.1. The van der Waals surface area contributed by atoms with Crippen molar-refractivity contribution in [2.45, 2.75) is 18.9 Å². The SMILES string of the molecule is CC(=O)[C@H]([C@@H](c1ccccc1)c1c[nH]c2ccccc12)[N+](=O)[O-]. The highest BCUT2D eigenvalue weighted by Gasteiger charge is 2.39. The van der Waals surface area contributed by atoms with Crippen LogP contribution in [0.2, 0.25) is 0 Å². The van der Waals surface area contributed by atoms with E-state index in [1.54, 1.807) is 6.20 Å². The summed E-state index contributed by atoms with van der Waals surface area (Å²) in [5.41, 5.74) is 2.42. The van der Waals surface area contributed by atoms with E-state index in [-0.39, 0.29) is 0 Å². The predicted octanol–water partition coefficient (Wildman–Crippen LogP) is 3.53. The van der Waals surface area contributed by atoms with Gasteiger partial charge in [0.15, 0.2) is 0 Å². The monoisotopic (exact) mass is 308 g/mol. The van der Waals surface area contributed by atoms with Gasteiger partial charge in [0.2, 0.25) is 5.78 Å². The lowest BCUT2D eigenvalue weighted by Gasteiger charge is -2.19. The Morgan fingerprint density at radius 3 is 2.39 bits per heavy atom. The Morgan fingerprint density at radius 2 is 1.74 bits per heavy atom. The summed E-state index contributed by atoms with van der Waals surface area (Å²) in [5.74, 6) is -1.08. The predicted molar refractivity (Wildman–Crippen MR) is 88.0 cm³/mol. The largest absolute Gasteiger partial charge is 0.361 e. The number of hydrogen-bond donors (Lipinski definition) is 1. The molecule has 0 amide bonds.